The van der Waals surface area contributed by atoms with Crippen molar-refractivity contribution >= 4 is 27.5 Å². The molecular formula is C15H17N3O4S2. The lowest BCUT2D eigenvalue weighted by Gasteiger charge is -2.14. The number of carbonyl (C=O) groups is 1. The van der Waals surface area contributed by atoms with E-state index in [1.54, 1.807) is 6.92 Å². The molecule has 1 aromatic carbocycles. The van der Waals surface area contributed by atoms with Crippen LogP contribution in [0, 0.1) is 0 Å². The van der Waals surface area contributed by atoms with Crippen molar-refractivity contribution in [2.24, 2.45) is 0 Å². The number of amides is 1. The third-order valence-electron chi connectivity index (χ3n) is 3.65. The third kappa shape index (κ3) is 4.15. The Morgan fingerprint density at radius 3 is 2.75 bits per heavy atom. The number of hydrogen-bond donors (Lipinski definition) is 1. The molecule has 2 heterocycles. The highest BCUT2D eigenvalue weighted by Crippen LogP contribution is 2.26. The summed E-state index contributed by atoms with van der Waals surface area (Å²) in [6.07, 6.45) is 0.462. The fraction of sp³-hybridized carbons (Fsp3) is 0.400. The molecule has 0 aliphatic carbocycles. The highest BCUT2D eigenvalue weighted by Gasteiger charge is 2.30. The van der Waals surface area contributed by atoms with Crippen LogP contribution in [0.25, 0.3) is 11.5 Å². The molecule has 1 saturated heterocycles. The van der Waals surface area contributed by atoms with Gasteiger partial charge in [0.25, 0.3) is 5.22 Å². The summed E-state index contributed by atoms with van der Waals surface area (Å²) in [5, 5.41) is 10.5. The number of hydrogen-bond acceptors (Lipinski definition) is 7. The van der Waals surface area contributed by atoms with Crippen molar-refractivity contribution in [1.29, 1.82) is 0 Å². The lowest BCUT2D eigenvalue weighted by atomic mass is 10.2. The van der Waals surface area contributed by atoms with Crippen molar-refractivity contribution < 1.29 is 17.6 Å². The molecule has 1 aromatic heterocycles. The first kappa shape index (κ1) is 17.0. The van der Waals surface area contributed by atoms with Gasteiger partial charge in [0.05, 0.1) is 16.8 Å². The standard InChI is InChI=1S/C15H17N3O4S2/c1-10(13(19)16-12-7-8-24(20,21)9-12)23-15-18-17-14(22-15)11-5-3-2-4-6-11/h2-6,10,12H,7-9H2,1H3,(H,16,19)/t10-,12+/m0/s1. The number of rotatable bonds is 5. The van der Waals surface area contributed by atoms with Crippen LogP contribution in [0.3, 0.4) is 0 Å². The van der Waals surface area contributed by atoms with E-state index in [1.807, 2.05) is 30.3 Å². The smallest absolute Gasteiger partial charge is 0.277 e. The summed E-state index contributed by atoms with van der Waals surface area (Å²) < 4.78 is 28.4. The van der Waals surface area contributed by atoms with Gasteiger partial charge >= 0.3 is 0 Å². The van der Waals surface area contributed by atoms with Crippen LogP contribution in [-0.2, 0) is 14.6 Å². The van der Waals surface area contributed by atoms with Crippen LogP contribution in [0.15, 0.2) is 40.0 Å². The van der Waals surface area contributed by atoms with Crippen LogP contribution < -0.4 is 5.32 Å². The van der Waals surface area contributed by atoms with Gasteiger partial charge in [0.15, 0.2) is 9.84 Å². The molecule has 1 fully saturated rings. The molecule has 1 N–H and O–H groups in total. The Morgan fingerprint density at radius 1 is 1.33 bits per heavy atom. The molecule has 0 saturated carbocycles. The number of benzene rings is 1. The number of nitrogens with zero attached hydrogens (tertiary/aromatic N) is 2. The van der Waals surface area contributed by atoms with Crippen LogP contribution in [0.2, 0.25) is 0 Å². The molecule has 2 aromatic rings. The average molecular weight is 367 g/mol. The number of thioether (sulfide) groups is 1. The minimum atomic E-state index is -3.02. The fourth-order valence-corrected chi connectivity index (χ4v) is 4.75. The predicted molar refractivity (Wildman–Crippen MR) is 90.3 cm³/mol. The molecule has 0 spiro atoms. The van der Waals surface area contributed by atoms with Crippen molar-refractivity contribution in [3.05, 3.63) is 30.3 Å². The van der Waals surface area contributed by atoms with E-state index in [4.69, 9.17) is 4.42 Å². The van der Waals surface area contributed by atoms with Crippen molar-refractivity contribution in [3.63, 3.8) is 0 Å². The van der Waals surface area contributed by atoms with Crippen LogP contribution >= 0.6 is 11.8 Å². The molecule has 24 heavy (non-hydrogen) atoms. The largest absolute Gasteiger partial charge is 0.411 e. The Bertz CT molecular complexity index is 820. The molecule has 2 atom stereocenters. The van der Waals surface area contributed by atoms with Crippen LogP contribution in [0.1, 0.15) is 13.3 Å². The highest BCUT2D eigenvalue weighted by molar-refractivity contribution is 8.00. The maximum absolute atomic E-state index is 12.2. The van der Waals surface area contributed by atoms with Gasteiger partial charge in [-0.05, 0) is 25.5 Å². The summed E-state index contributed by atoms with van der Waals surface area (Å²) in [5.74, 6) is 0.299. The fourth-order valence-electron chi connectivity index (χ4n) is 2.39. The second-order valence-corrected chi connectivity index (χ2v) is 9.13. The molecule has 1 aliphatic rings. The maximum Gasteiger partial charge on any atom is 0.277 e. The highest BCUT2D eigenvalue weighted by atomic mass is 32.2. The van der Waals surface area contributed by atoms with E-state index >= 15 is 0 Å². The normalized spacial score (nSPS) is 20.6. The maximum atomic E-state index is 12.2. The van der Waals surface area contributed by atoms with Gasteiger partial charge in [0, 0.05) is 11.6 Å². The Morgan fingerprint density at radius 2 is 2.08 bits per heavy atom. The lowest BCUT2D eigenvalue weighted by Crippen LogP contribution is -2.39. The monoisotopic (exact) mass is 367 g/mol. The zero-order valence-corrected chi connectivity index (χ0v) is 14.6. The quantitative estimate of drug-likeness (QED) is 0.799. The van der Waals surface area contributed by atoms with E-state index < -0.39 is 15.1 Å². The van der Waals surface area contributed by atoms with Crippen molar-refractivity contribution in [2.75, 3.05) is 11.5 Å². The number of nitrogens with one attached hydrogen (secondary N) is 1. The van der Waals surface area contributed by atoms with E-state index in [-0.39, 0.29) is 23.5 Å². The van der Waals surface area contributed by atoms with Crippen molar-refractivity contribution in [2.45, 2.75) is 29.9 Å². The molecule has 0 radical (unpaired) electrons. The lowest BCUT2D eigenvalue weighted by molar-refractivity contribution is -0.120. The van der Waals surface area contributed by atoms with Gasteiger partial charge < -0.3 is 9.73 Å². The molecule has 128 valence electrons. The molecule has 1 amide bonds. The first-order valence-corrected chi connectivity index (χ1v) is 10.2. The summed E-state index contributed by atoms with van der Waals surface area (Å²) in [4.78, 5) is 12.2. The zero-order chi connectivity index (χ0) is 17.2. The summed E-state index contributed by atoms with van der Waals surface area (Å²) in [7, 11) is -3.02. The van der Waals surface area contributed by atoms with Crippen molar-refractivity contribution in [3.8, 4) is 11.5 Å². The van der Waals surface area contributed by atoms with E-state index in [0.717, 1.165) is 17.3 Å². The van der Waals surface area contributed by atoms with Gasteiger partial charge in [-0.2, -0.15) is 0 Å². The van der Waals surface area contributed by atoms with Crippen molar-refractivity contribution in [1.82, 2.24) is 15.5 Å². The van der Waals surface area contributed by atoms with E-state index in [1.165, 1.54) is 0 Å². The van der Waals surface area contributed by atoms with Gasteiger partial charge in [0.2, 0.25) is 11.8 Å². The van der Waals surface area contributed by atoms with Gasteiger partial charge in [-0.15, -0.1) is 10.2 Å². The molecule has 7 nitrogen and oxygen atoms in total. The molecule has 1 aliphatic heterocycles. The Labute approximate surface area is 144 Å². The van der Waals surface area contributed by atoms with E-state index in [2.05, 4.69) is 15.5 Å². The second-order valence-electron chi connectivity index (χ2n) is 5.61. The van der Waals surface area contributed by atoms with Gasteiger partial charge in [0.1, 0.15) is 0 Å². The minimum Gasteiger partial charge on any atom is -0.411 e. The van der Waals surface area contributed by atoms with Gasteiger partial charge in [-0.1, -0.05) is 30.0 Å². The SMILES string of the molecule is C[C@H](Sc1nnc(-c2ccccc2)o1)C(=O)N[C@@H]1CCS(=O)(=O)C1. The molecule has 0 bridgehead atoms. The summed E-state index contributed by atoms with van der Waals surface area (Å²) in [6, 6.07) is 9.05. The van der Waals surface area contributed by atoms with Crippen LogP contribution in [-0.4, -0.2) is 47.3 Å². The minimum absolute atomic E-state index is 0.00877. The molecule has 0 unspecified atom stereocenters. The first-order valence-electron chi connectivity index (χ1n) is 7.49. The second kappa shape index (κ2) is 6.94. The molecule has 9 heteroatoms. The zero-order valence-electron chi connectivity index (χ0n) is 13.0. The predicted octanol–water partition coefficient (Wildman–Crippen LogP) is 1.52. The third-order valence-corrected chi connectivity index (χ3v) is 6.36. The number of carbonyl (C=O) groups excluding carboxylic acids is 1. The van der Waals surface area contributed by atoms with Crippen LogP contribution in [0.4, 0.5) is 0 Å². The Hall–Kier alpha value is -1.87. The average Bonchev–Trinajstić information content (AvgIpc) is 3.14. The van der Waals surface area contributed by atoms with Gasteiger partial charge in [-0.3, -0.25) is 4.79 Å². The summed E-state index contributed by atoms with van der Waals surface area (Å²) in [5.41, 5.74) is 0.810. The summed E-state index contributed by atoms with van der Waals surface area (Å²) >= 11 is 1.15. The first-order chi connectivity index (χ1) is 11.4. The Balaban J connectivity index is 1.58. The number of sulfone groups is 1. The van der Waals surface area contributed by atoms with E-state index in [0.29, 0.717) is 17.5 Å². The summed E-state index contributed by atoms with van der Waals surface area (Å²) in [6.45, 7) is 1.72. The Kier molecular flexibility index (Phi) is 4.91. The topological polar surface area (TPSA) is 102 Å². The molecule has 3 rings (SSSR count). The molecular weight excluding hydrogens is 350 g/mol. The van der Waals surface area contributed by atoms with Crippen LogP contribution in [0.5, 0.6) is 0 Å². The van der Waals surface area contributed by atoms with Gasteiger partial charge in [-0.25, -0.2) is 8.42 Å². The van der Waals surface area contributed by atoms with E-state index in [9.17, 15) is 13.2 Å². The number of aromatic nitrogens is 2.